The van der Waals surface area contributed by atoms with Gasteiger partial charge in [0.15, 0.2) is 0 Å². The number of thioether (sulfide) groups is 1. The van der Waals surface area contributed by atoms with E-state index in [-0.39, 0.29) is 6.09 Å². The summed E-state index contributed by atoms with van der Waals surface area (Å²) in [6, 6.07) is 0.989. The lowest BCUT2D eigenvalue weighted by Gasteiger charge is -2.29. The number of hydrogen-bond acceptors (Lipinski definition) is 4. The van der Waals surface area contributed by atoms with E-state index in [4.69, 9.17) is 4.74 Å². The van der Waals surface area contributed by atoms with Gasteiger partial charge in [0.1, 0.15) is 5.60 Å². The molecule has 0 aromatic heterocycles. The number of hydrogen-bond donors (Lipinski definition) is 1. The van der Waals surface area contributed by atoms with E-state index in [9.17, 15) is 4.79 Å². The van der Waals surface area contributed by atoms with Crippen LogP contribution in [0.3, 0.4) is 0 Å². The SMILES string of the molecule is CC1SCCC1NCCC1CCCN1C(=O)OC(C)(C)C. The number of nitrogens with zero attached hydrogens (tertiary/aromatic N) is 1. The van der Waals surface area contributed by atoms with Crippen molar-refractivity contribution in [1.82, 2.24) is 10.2 Å². The van der Waals surface area contributed by atoms with Crippen molar-refractivity contribution in [2.45, 2.75) is 76.3 Å². The van der Waals surface area contributed by atoms with Gasteiger partial charge < -0.3 is 15.0 Å². The molecule has 0 aromatic rings. The number of carbonyl (C=O) groups excluding carboxylic acids is 1. The Hall–Kier alpha value is -0.420. The van der Waals surface area contributed by atoms with E-state index < -0.39 is 5.60 Å². The van der Waals surface area contributed by atoms with Crippen LogP contribution in [0.5, 0.6) is 0 Å². The van der Waals surface area contributed by atoms with Crippen LogP contribution >= 0.6 is 11.8 Å². The molecule has 2 heterocycles. The monoisotopic (exact) mass is 314 g/mol. The van der Waals surface area contributed by atoms with Gasteiger partial charge in [0.2, 0.25) is 0 Å². The average Bonchev–Trinajstić information content (AvgIpc) is 2.97. The van der Waals surface area contributed by atoms with Crippen LogP contribution in [-0.2, 0) is 4.74 Å². The maximum absolute atomic E-state index is 12.2. The molecule has 5 heteroatoms. The second-order valence-electron chi connectivity index (χ2n) is 7.18. The van der Waals surface area contributed by atoms with E-state index in [0.29, 0.717) is 12.1 Å². The Labute approximate surface area is 133 Å². The highest BCUT2D eigenvalue weighted by molar-refractivity contribution is 8.00. The van der Waals surface area contributed by atoms with Crippen LogP contribution in [0.2, 0.25) is 0 Å². The second kappa shape index (κ2) is 7.23. The first-order valence-corrected chi connectivity index (χ1v) is 9.26. The van der Waals surface area contributed by atoms with Crippen molar-refractivity contribution in [2.24, 2.45) is 0 Å². The summed E-state index contributed by atoms with van der Waals surface area (Å²) in [5.74, 6) is 1.27. The smallest absolute Gasteiger partial charge is 0.410 e. The molecular weight excluding hydrogens is 284 g/mol. The maximum atomic E-state index is 12.2. The number of carbonyl (C=O) groups is 1. The molecule has 3 atom stereocenters. The van der Waals surface area contributed by atoms with E-state index in [1.54, 1.807) is 0 Å². The summed E-state index contributed by atoms with van der Waals surface area (Å²) in [6.07, 6.45) is 4.37. The van der Waals surface area contributed by atoms with E-state index in [0.717, 1.165) is 37.6 Å². The van der Waals surface area contributed by atoms with Crippen molar-refractivity contribution in [3.05, 3.63) is 0 Å². The molecule has 0 aliphatic carbocycles. The van der Waals surface area contributed by atoms with Crippen LogP contribution < -0.4 is 5.32 Å². The number of likely N-dealkylation sites (tertiary alicyclic amines) is 1. The highest BCUT2D eigenvalue weighted by atomic mass is 32.2. The molecule has 4 nitrogen and oxygen atoms in total. The van der Waals surface area contributed by atoms with Gasteiger partial charge in [0.25, 0.3) is 0 Å². The molecule has 2 rings (SSSR count). The summed E-state index contributed by atoms with van der Waals surface area (Å²) in [6.45, 7) is 9.93. The van der Waals surface area contributed by atoms with Crippen molar-refractivity contribution in [3.8, 4) is 0 Å². The first kappa shape index (κ1) is 16.9. The fourth-order valence-corrected chi connectivity index (χ4v) is 4.36. The van der Waals surface area contributed by atoms with Gasteiger partial charge in [0, 0.05) is 23.9 Å². The van der Waals surface area contributed by atoms with Crippen molar-refractivity contribution >= 4 is 17.9 Å². The van der Waals surface area contributed by atoms with E-state index in [1.807, 2.05) is 25.7 Å². The van der Waals surface area contributed by atoms with Crippen LogP contribution in [0.25, 0.3) is 0 Å². The largest absolute Gasteiger partial charge is 0.444 e. The number of amides is 1. The third-order valence-corrected chi connectivity index (χ3v) is 5.59. The van der Waals surface area contributed by atoms with Crippen molar-refractivity contribution in [3.63, 3.8) is 0 Å². The normalized spacial score (nSPS) is 29.9. The molecule has 2 aliphatic rings. The Morgan fingerprint density at radius 3 is 2.76 bits per heavy atom. The summed E-state index contributed by atoms with van der Waals surface area (Å²) >= 11 is 2.05. The molecule has 2 fully saturated rings. The summed E-state index contributed by atoms with van der Waals surface area (Å²) in [7, 11) is 0. The van der Waals surface area contributed by atoms with Crippen LogP contribution in [0.1, 0.15) is 53.4 Å². The van der Waals surface area contributed by atoms with Gasteiger partial charge in [-0.05, 0) is 58.8 Å². The molecule has 0 bridgehead atoms. The molecule has 3 unspecified atom stereocenters. The summed E-state index contributed by atoms with van der Waals surface area (Å²) in [4.78, 5) is 14.2. The lowest BCUT2D eigenvalue weighted by atomic mass is 10.1. The molecule has 1 N–H and O–H groups in total. The van der Waals surface area contributed by atoms with Gasteiger partial charge >= 0.3 is 6.09 Å². The third-order valence-electron chi connectivity index (χ3n) is 4.27. The molecule has 1 amide bonds. The summed E-state index contributed by atoms with van der Waals surface area (Å²) in [5, 5.41) is 4.38. The fourth-order valence-electron chi connectivity index (χ4n) is 3.13. The number of rotatable bonds is 4. The van der Waals surface area contributed by atoms with Crippen LogP contribution in [-0.4, -0.2) is 52.8 Å². The molecule has 2 aliphatic heterocycles. The zero-order valence-corrected chi connectivity index (χ0v) is 14.7. The lowest BCUT2D eigenvalue weighted by Crippen LogP contribution is -2.42. The highest BCUT2D eigenvalue weighted by Crippen LogP contribution is 2.27. The average molecular weight is 314 g/mol. The molecule has 122 valence electrons. The Morgan fingerprint density at radius 1 is 1.38 bits per heavy atom. The minimum Gasteiger partial charge on any atom is -0.444 e. The Kier molecular flexibility index (Phi) is 5.83. The number of ether oxygens (including phenoxy) is 1. The summed E-state index contributed by atoms with van der Waals surface area (Å²) in [5.41, 5.74) is -0.404. The van der Waals surface area contributed by atoms with E-state index in [1.165, 1.54) is 12.2 Å². The second-order valence-corrected chi connectivity index (χ2v) is 8.67. The zero-order chi connectivity index (χ0) is 15.5. The molecule has 21 heavy (non-hydrogen) atoms. The molecule has 0 spiro atoms. The van der Waals surface area contributed by atoms with E-state index in [2.05, 4.69) is 24.0 Å². The van der Waals surface area contributed by atoms with E-state index >= 15 is 0 Å². The minimum absolute atomic E-state index is 0.144. The fraction of sp³-hybridized carbons (Fsp3) is 0.938. The van der Waals surface area contributed by atoms with Gasteiger partial charge in [0.05, 0.1) is 0 Å². The highest BCUT2D eigenvalue weighted by Gasteiger charge is 2.32. The van der Waals surface area contributed by atoms with Crippen LogP contribution in [0.15, 0.2) is 0 Å². The predicted molar refractivity (Wildman–Crippen MR) is 88.9 cm³/mol. The Balaban J connectivity index is 1.75. The topological polar surface area (TPSA) is 41.6 Å². The first-order valence-electron chi connectivity index (χ1n) is 8.21. The van der Waals surface area contributed by atoms with Crippen molar-refractivity contribution in [1.29, 1.82) is 0 Å². The van der Waals surface area contributed by atoms with Gasteiger partial charge in [-0.1, -0.05) is 6.92 Å². The number of nitrogens with one attached hydrogen (secondary N) is 1. The molecule has 0 saturated carbocycles. The Morgan fingerprint density at radius 2 is 2.14 bits per heavy atom. The quantitative estimate of drug-likeness (QED) is 0.865. The van der Waals surface area contributed by atoms with Gasteiger partial charge in [-0.25, -0.2) is 4.79 Å². The minimum atomic E-state index is -0.404. The van der Waals surface area contributed by atoms with Gasteiger partial charge in [-0.3, -0.25) is 0 Å². The van der Waals surface area contributed by atoms with Crippen molar-refractivity contribution in [2.75, 3.05) is 18.8 Å². The molecule has 0 radical (unpaired) electrons. The third kappa shape index (κ3) is 5.06. The molecule has 0 aromatic carbocycles. The van der Waals surface area contributed by atoms with Gasteiger partial charge in [-0.2, -0.15) is 11.8 Å². The zero-order valence-electron chi connectivity index (χ0n) is 13.9. The van der Waals surface area contributed by atoms with Gasteiger partial charge in [-0.15, -0.1) is 0 Å². The standard InChI is InChI=1S/C16H30N2O2S/c1-12-14(8-11-21-12)17-9-7-13-6-5-10-18(13)15(19)20-16(2,3)4/h12-14,17H,5-11H2,1-4H3. The maximum Gasteiger partial charge on any atom is 0.410 e. The molecular formula is C16H30N2O2S. The van der Waals surface area contributed by atoms with Crippen LogP contribution in [0.4, 0.5) is 4.79 Å². The first-order chi connectivity index (χ1) is 9.87. The van der Waals surface area contributed by atoms with Crippen LogP contribution in [0, 0.1) is 0 Å². The van der Waals surface area contributed by atoms with Crippen molar-refractivity contribution < 1.29 is 9.53 Å². The molecule has 2 saturated heterocycles. The Bertz CT molecular complexity index is 357. The lowest BCUT2D eigenvalue weighted by molar-refractivity contribution is 0.0220. The predicted octanol–water partition coefficient (Wildman–Crippen LogP) is 3.26. The summed E-state index contributed by atoms with van der Waals surface area (Å²) < 4.78 is 5.51.